The van der Waals surface area contributed by atoms with Crippen molar-refractivity contribution in [3.63, 3.8) is 0 Å². The van der Waals surface area contributed by atoms with Gasteiger partial charge in [-0.2, -0.15) is 0 Å². The summed E-state index contributed by atoms with van der Waals surface area (Å²) in [4.78, 5) is 28.2. The SMILES string of the molecule is COCc1nc(C)cc(N2C[C@@H](CNC(=O)C3(C)CC3)[C@H](c3cncn3C)C2)n1. The number of aromatic nitrogens is 4. The zero-order valence-electron chi connectivity index (χ0n) is 17.7. The number of ether oxygens (including phenoxy) is 1. The minimum absolute atomic E-state index is 0.154. The minimum atomic E-state index is -0.154. The van der Waals surface area contributed by atoms with E-state index in [0.717, 1.165) is 37.4 Å². The van der Waals surface area contributed by atoms with Crippen LogP contribution in [0.2, 0.25) is 0 Å². The molecule has 2 fully saturated rings. The van der Waals surface area contributed by atoms with Crippen molar-refractivity contribution < 1.29 is 9.53 Å². The molecule has 1 N–H and O–H groups in total. The summed E-state index contributed by atoms with van der Waals surface area (Å²) in [6, 6.07) is 2.02. The highest BCUT2D eigenvalue weighted by atomic mass is 16.5. The van der Waals surface area contributed by atoms with Crippen LogP contribution in [0.5, 0.6) is 0 Å². The number of carbonyl (C=O) groups is 1. The van der Waals surface area contributed by atoms with Crippen molar-refractivity contribution in [1.82, 2.24) is 24.8 Å². The number of methoxy groups -OCH3 is 1. The number of carbonyl (C=O) groups excluding carboxylic acids is 1. The largest absolute Gasteiger partial charge is 0.377 e. The predicted molar refractivity (Wildman–Crippen MR) is 109 cm³/mol. The molecule has 4 rings (SSSR count). The maximum Gasteiger partial charge on any atom is 0.225 e. The van der Waals surface area contributed by atoms with Gasteiger partial charge in [-0.3, -0.25) is 4.79 Å². The van der Waals surface area contributed by atoms with Crippen molar-refractivity contribution in [1.29, 1.82) is 0 Å². The van der Waals surface area contributed by atoms with E-state index in [0.29, 0.717) is 19.0 Å². The number of amides is 1. The molecule has 0 spiro atoms. The van der Waals surface area contributed by atoms with E-state index in [1.54, 1.807) is 7.11 Å². The van der Waals surface area contributed by atoms with Gasteiger partial charge in [0.1, 0.15) is 12.4 Å². The van der Waals surface area contributed by atoms with Crippen molar-refractivity contribution >= 4 is 11.7 Å². The third-order valence-corrected chi connectivity index (χ3v) is 6.23. The Morgan fingerprint density at radius 1 is 1.34 bits per heavy atom. The van der Waals surface area contributed by atoms with Crippen LogP contribution in [0, 0.1) is 18.3 Å². The van der Waals surface area contributed by atoms with Crippen LogP contribution in [0.4, 0.5) is 5.82 Å². The molecular formula is C21H30N6O2. The fourth-order valence-electron chi connectivity index (χ4n) is 4.14. The maximum atomic E-state index is 12.5. The van der Waals surface area contributed by atoms with E-state index in [2.05, 4.69) is 24.8 Å². The molecule has 2 aliphatic rings. The molecule has 156 valence electrons. The second-order valence-corrected chi connectivity index (χ2v) is 8.69. The first-order valence-corrected chi connectivity index (χ1v) is 10.2. The lowest BCUT2D eigenvalue weighted by Crippen LogP contribution is -2.36. The molecule has 1 aliphatic heterocycles. The zero-order chi connectivity index (χ0) is 20.6. The number of imidazole rings is 1. The van der Waals surface area contributed by atoms with Crippen LogP contribution in [0.1, 0.15) is 42.9 Å². The lowest BCUT2D eigenvalue weighted by molar-refractivity contribution is -0.125. The Balaban J connectivity index is 1.55. The first kappa shape index (κ1) is 19.8. The average molecular weight is 399 g/mol. The number of hydrogen-bond acceptors (Lipinski definition) is 6. The van der Waals surface area contributed by atoms with Gasteiger partial charge >= 0.3 is 0 Å². The van der Waals surface area contributed by atoms with Gasteiger partial charge in [0.25, 0.3) is 0 Å². The van der Waals surface area contributed by atoms with E-state index in [1.165, 1.54) is 5.69 Å². The summed E-state index contributed by atoms with van der Waals surface area (Å²) in [6.45, 7) is 6.74. The molecular weight excluding hydrogens is 368 g/mol. The van der Waals surface area contributed by atoms with Gasteiger partial charge < -0.3 is 19.5 Å². The number of rotatable bonds is 7. The molecule has 1 saturated carbocycles. The molecule has 2 aromatic rings. The average Bonchev–Trinajstić information content (AvgIpc) is 3.10. The number of hydrogen-bond donors (Lipinski definition) is 1. The Kier molecular flexibility index (Phi) is 5.29. The Hall–Kier alpha value is -2.48. The predicted octanol–water partition coefficient (Wildman–Crippen LogP) is 1.80. The topological polar surface area (TPSA) is 85.2 Å². The molecule has 1 saturated heterocycles. The van der Waals surface area contributed by atoms with Gasteiger partial charge in [0, 0.05) is 74.7 Å². The summed E-state index contributed by atoms with van der Waals surface area (Å²) in [5.74, 6) is 2.35. The van der Waals surface area contributed by atoms with Crippen LogP contribution in [0.25, 0.3) is 0 Å². The van der Waals surface area contributed by atoms with E-state index in [9.17, 15) is 4.79 Å². The molecule has 3 heterocycles. The second kappa shape index (κ2) is 7.74. The molecule has 1 amide bonds. The van der Waals surface area contributed by atoms with Gasteiger partial charge in [0.2, 0.25) is 5.91 Å². The fraction of sp³-hybridized carbons (Fsp3) is 0.619. The zero-order valence-corrected chi connectivity index (χ0v) is 17.7. The van der Waals surface area contributed by atoms with Crippen molar-refractivity contribution in [2.75, 3.05) is 31.6 Å². The smallest absolute Gasteiger partial charge is 0.225 e. The Bertz CT molecular complexity index is 891. The minimum Gasteiger partial charge on any atom is -0.377 e. The molecule has 0 unspecified atom stereocenters. The molecule has 0 radical (unpaired) electrons. The highest BCUT2D eigenvalue weighted by molar-refractivity contribution is 5.84. The molecule has 1 aliphatic carbocycles. The molecule has 8 heteroatoms. The third-order valence-electron chi connectivity index (χ3n) is 6.23. The monoisotopic (exact) mass is 398 g/mol. The summed E-state index contributed by atoms with van der Waals surface area (Å²) >= 11 is 0. The highest BCUT2D eigenvalue weighted by Gasteiger charge is 2.45. The fourth-order valence-corrected chi connectivity index (χ4v) is 4.14. The summed E-state index contributed by atoms with van der Waals surface area (Å²) < 4.78 is 7.29. The number of nitrogens with zero attached hydrogens (tertiary/aromatic N) is 5. The summed E-state index contributed by atoms with van der Waals surface area (Å²) in [5.41, 5.74) is 1.96. The Morgan fingerprint density at radius 3 is 2.79 bits per heavy atom. The molecule has 8 nitrogen and oxygen atoms in total. The number of nitrogens with one attached hydrogen (secondary N) is 1. The maximum absolute atomic E-state index is 12.5. The van der Waals surface area contributed by atoms with Crippen molar-refractivity contribution in [2.45, 2.75) is 39.2 Å². The van der Waals surface area contributed by atoms with E-state index >= 15 is 0 Å². The van der Waals surface area contributed by atoms with Crippen LogP contribution in [-0.2, 0) is 23.2 Å². The lowest BCUT2D eigenvalue weighted by Gasteiger charge is -2.20. The molecule has 29 heavy (non-hydrogen) atoms. The van der Waals surface area contributed by atoms with Crippen LogP contribution in [0.3, 0.4) is 0 Å². The summed E-state index contributed by atoms with van der Waals surface area (Å²) in [7, 11) is 3.68. The third kappa shape index (κ3) is 4.12. The van der Waals surface area contributed by atoms with Gasteiger partial charge in [-0.15, -0.1) is 0 Å². The first-order valence-electron chi connectivity index (χ1n) is 10.2. The van der Waals surface area contributed by atoms with Gasteiger partial charge in [-0.1, -0.05) is 6.92 Å². The second-order valence-electron chi connectivity index (χ2n) is 8.69. The lowest BCUT2D eigenvalue weighted by atomic mass is 9.92. The molecule has 2 aromatic heterocycles. The molecule has 2 atom stereocenters. The van der Waals surface area contributed by atoms with Crippen molar-refractivity contribution in [3.05, 3.63) is 35.8 Å². The van der Waals surface area contributed by atoms with Crippen molar-refractivity contribution in [2.24, 2.45) is 18.4 Å². The van der Waals surface area contributed by atoms with E-state index in [4.69, 9.17) is 9.72 Å². The van der Waals surface area contributed by atoms with Gasteiger partial charge in [-0.05, 0) is 19.8 Å². The number of anilines is 1. The summed E-state index contributed by atoms with van der Waals surface area (Å²) in [5, 5.41) is 3.21. The van der Waals surface area contributed by atoms with Gasteiger partial charge in [0.15, 0.2) is 5.82 Å². The normalized spacial score (nSPS) is 22.7. The van der Waals surface area contributed by atoms with Crippen LogP contribution in [-0.4, -0.2) is 52.2 Å². The van der Waals surface area contributed by atoms with E-state index in [-0.39, 0.29) is 23.2 Å². The van der Waals surface area contributed by atoms with Crippen LogP contribution < -0.4 is 10.2 Å². The first-order chi connectivity index (χ1) is 13.9. The van der Waals surface area contributed by atoms with Crippen molar-refractivity contribution in [3.8, 4) is 0 Å². The van der Waals surface area contributed by atoms with E-state index in [1.807, 2.05) is 39.5 Å². The van der Waals surface area contributed by atoms with E-state index < -0.39 is 0 Å². The molecule has 0 bridgehead atoms. The van der Waals surface area contributed by atoms with Gasteiger partial charge in [-0.25, -0.2) is 15.0 Å². The highest BCUT2D eigenvalue weighted by Crippen LogP contribution is 2.45. The van der Waals surface area contributed by atoms with Gasteiger partial charge in [0.05, 0.1) is 6.33 Å². The van der Waals surface area contributed by atoms with Crippen LogP contribution in [0.15, 0.2) is 18.6 Å². The Morgan fingerprint density at radius 2 is 2.14 bits per heavy atom. The standard InChI is InChI=1S/C21H30N6O2/c1-14-7-19(25-18(24-14)12-29-4)27-10-15(8-23-20(28)21(2)5-6-21)16(11-27)17-9-22-13-26(17)3/h7,9,13,15-16H,5-6,8,10-12H2,1-4H3,(H,23,28)/t15-,16-/m1/s1. The molecule has 0 aromatic carbocycles. The van der Waals surface area contributed by atoms with Crippen LogP contribution >= 0.6 is 0 Å². The Labute approximate surface area is 171 Å². The summed E-state index contributed by atoms with van der Waals surface area (Å²) in [6.07, 6.45) is 5.75. The quantitative estimate of drug-likeness (QED) is 0.766. The number of aryl methyl sites for hydroxylation is 2.